The van der Waals surface area contributed by atoms with Gasteiger partial charge in [0, 0.05) is 22.5 Å². The van der Waals surface area contributed by atoms with Gasteiger partial charge in [0.25, 0.3) is 0 Å². The number of carbonyl (C=O) groups excluding carboxylic acids is 1. The number of carbonyl (C=O) groups is 1. The lowest BCUT2D eigenvalue weighted by atomic mass is 10.3. The summed E-state index contributed by atoms with van der Waals surface area (Å²) in [5.74, 6) is -0.0152. The van der Waals surface area contributed by atoms with Crippen LogP contribution in [0.4, 0.5) is 10.8 Å². The molecule has 0 radical (unpaired) electrons. The average molecular weight is 297 g/mol. The third kappa shape index (κ3) is 2.68. The zero-order valence-corrected chi connectivity index (χ0v) is 10.9. The van der Waals surface area contributed by atoms with Crippen LogP contribution in [0.1, 0.15) is 17.4 Å². The highest BCUT2D eigenvalue weighted by atomic mass is 79.9. The highest BCUT2D eigenvalue weighted by molar-refractivity contribution is 9.10. The normalized spacial score (nSPS) is 10.1. The molecule has 3 nitrogen and oxygen atoms in total. The van der Waals surface area contributed by atoms with Gasteiger partial charge in [-0.1, -0.05) is 22.0 Å². The number of Topliss-reactive ketones (excluding diaryl/α,β-unsaturated/α-hetero) is 1. The lowest BCUT2D eigenvalue weighted by molar-refractivity contribution is 0.101. The highest BCUT2D eigenvalue weighted by Gasteiger charge is 2.05. The van der Waals surface area contributed by atoms with E-state index in [1.807, 2.05) is 24.3 Å². The van der Waals surface area contributed by atoms with E-state index < -0.39 is 0 Å². The number of rotatable bonds is 3. The Labute approximate surface area is 106 Å². The number of thiazole rings is 1. The number of aromatic nitrogens is 1. The molecular weight excluding hydrogens is 288 g/mol. The largest absolute Gasteiger partial charge is 0.331 e. The molecule has 0 spiro atoms. The van der Waals surface area contributed by atoms with E-state index in [0.29, 0.717) is 5.69 Å². The van der Waals surface area contributed by atoms with Gasteiger partial charge in [0.2, 0.25) is 0 Å². The Balaban J connectivity index is 2.17. The van der Waals surface area contributed by atoms with Crippen molar-refractivity contribution < 1.29 is 4.79 Å². The number of halogens is 1. The molecule has 0 saturated heterocycles. The van der Waals surface area contributed by atoms with E-state index in [0.717, 1.165) is 15.3 Å². The minimum absolute atomic E-state index is 0.0152. The van der Waals surface area contributed by atoms with Gasteiger partial charge in [0.05, 0.1) is 0 Å². The van der Waals surface area contributed by atoms with Gasteiger partial charge < -0.3 is 5.32 Å². The molecule has 1 N–H and O–H groups in total. The number of nitrogens with zero attached hydrogens (tertiary/aromatic N) is 1. The second kappa shape index (κ2) is 4.76. The topological polar surface area (TPSA) is 42.0 Å². The Morgan fingerprint density at radius 2 is 2.31 bits per heavy atom. The van der Waals surface area contributed by atoms with E-state index in [2.05, 4.69) is 26.2 Å². The van der Waals surface area contributed by atoms with Crippen molar-refractivity contribution in [3.05, 3.63) is 39.8 Å². The molecule has 1 heterocycles. The van der Waals surface area contributed by atoms with Crippen LogP contribution in [0, 0.1) is 0 Å². The molecule has 82 valence electrons. The van der Waals surface area contributed by atoms with E-state index in [1.165, 1.54) is 18.3 Å². The van der Waals surface area contributed by atoms with Crippen LogP contribution in [0.3, 0.4) is 0 Å². The van der Waals surface area contributed by atoms with E-state index in [1.54, 1.807) is 5.38 Å². The van der Waals surface area contributed by atoms with Gasteiger partial charge >= 0.3 is 0 Å². The maximum Gasteiger partial charge on any atom is 0.187 e. The van der Waals surface area contributed by atoms with Gasteiger partial charge in [-0.15, -0.1) is 11.3 Å². The van der Waals surface area contributed by atoms with Gasteiger partial charge in [-0.05, 0) is 18.2 Å². The SMILES string of the molecule is CC(=O)c1csc(Nc2cccc(Br)c2)n1. The lowest BCUT2D eigenvalue weighted by Gasteiger charge is -2.01. The van der Waals surface area contributed by atoms with Crippen LogP contribution in [0.25, 0.3) is 0 Å². The Morgan fingerprint density at radius 1 is 1.50 bits per heavy atom. The smallest absolute Gasteiger partial charge is 0.187 e. The van der Waals surface area contributed by atoms with Crippen LogP contribution in [-0.2, 0) is 0 Å². The minimum Gasteiger partial charge on any atom is -0.331 e. The van der Waals surface area contributed by atoms with Crippen LogP contribution in [0.15, 0.2) is 34.1 Å². The molecule has 5 heteroatoms. The number of nitrogens with one attached hydrogen (secondary N) is 1. The first-order valence-corrected chi connectivity index (χ1v) is 6.31. The lowest BCUT2D eigenvalue weighted by Crippen LogP contribution is -1.94. The van der Waals surface area contributed by atoms with Crippen LogP contribution in [-0.4, -0.2) is 10.8 Å². The second-order valence-electron chi connectivity index (χ2n) is 3.23. The van der Waals surface area contributed by atoms with Crippen molar-refractivity contribution in [2.24, 2.45) is 0 Å². The Morgan fingerprint density at radius 3 is 2.94 bits per heavy atom. The van der Waals surface area contributed by atoms with Crippen molar-refractivity contribution >= 4 is 43.9 Å². The summed E-state index contributed by atoms with van der Waals surface area (Å²) in [4.78, 5) is 15.3. The maximum atomic E-state index is 11.1. The number of hydrogen-bond acceptors (Lipinski definition) is 4. The third-order valence-corrected chi connectivity index (χ3v) is 3.19. The zero-order valence-electron chi connectivity index (χ0n) is 8.53. The third-order valence-electron chi connectivity index (χ3n) is 1.94. The first kappa shape index (κ1) is 11.3. The minimum atomic E-state index is -0.0152. The van der Waals surface area contributed by atoms with Crippen molar-refractivity contribution in [1.29, 1.82) is 0 Å². The molecule has 0 bridgehead atoms. The quantitative estimate of drug-likeness (QED) is 0.875. The molecule has 0 unspecified atom stereocenters. The van der Waals surface area contributed by atoms with Crippen molar-refractivity contribution in [1.82, 2.24) is 4.98 Å². The molecular formula is C11H9BrN2OS. The Kier molecular flexibility index (Phi) is 3.36. The van der Waals surface area contributed by atoms with Gasteiger partial charge in [0.1, 0.15) is 5.69 Å². The molecule has 0 aliphatic rings. The van der Waals surface area contributed by atoms with Crippen LogP contribution in [0.2, 0.25) is 0 Å². The van der Waals surface area contributed by atoms with Gasteiger partial charge in [-0.2, -0.15) is 0 Å². The molecule has 16 heavy (non-hydrogen) atoms. The molecule has 0 fully saturated rings. The molecule has 0 atom stereocenters. The highest BCUT2D eigenvalue weighted by Crippen LogP contribution is 2.23. The van der Waals surface area contributed by atoms with Gasteiger partial charge in [0.15, 0.2) is 10.9 Å². The molecule has 1 aromatic heterocycles. The van der Waals surface area contributed by atoms with E-state index in [9.17, 15) is 4.79 Å². The number of ketones is 1. The summed E-state index contributed by atoms with van der Waals surface area (Å²) >= 11 is 4.81. The maximum absolute atomic E-state index is 11.1. The number of hydrogen-bond donors (Lipinski definition) is 1. The molecule has 0 saturated carbocycles. The molecule has 2 aromatic rings. The molecule has 0 aliphatic carbocycles. The summed E-state index contributed by atoms with van der Waals surface area (Å²) < 4.78 is 1.00. The summed E-state index contributed by atoms with van der Waals surface area (Å²) in [5, 5.41) is 5.62. The van der Waals surface area contributed by atoms with E-state index >= 15 is 0 Å². The summed E-state index contributed by atoms with van der Waals surface area (Å²) in [6, 6.07) is 7.79. The average Bonchev–Trinajstić information content (AvgIpc) is 2.66. The first-order valence-electron chi connectivity index (χ1n) is 4.64. The van der Waals surface area contributed by atoms with Crippen molar-refractivity contribution in [2.45, 2.75) is 6.92 Å². The van der Waals surface area contributed by atoms with Crippen LogP contribution in [0.5, 0.6) is 0 Å². The molecule has 1 aromatic carbocycles. The summed E-state index contributed by atoms with van der Waals surface area (Å²) in [6.07, 6.45) is 0. The predicted octanol–water partition coefficient (Wildman–Crippen LogP) is 3.85. The summed E-state index contributed by atoms with van der Waals surface area (Å²) in [7, 11) is 0. The number of benzene rings is 1. The van der Waals surface area contributed by atoms with E-state index in [-0.39, 0.29) is 5.78 Å². The molecule has 2 rings (SSSR count). The fraction of sp³-hybridized carbons (Fsp3) is 0.0909. The summed E-state index contributed by atoms with van der Waals surface area (Å²) in [5.41, 5.74) is 1.45. The van der Waals surface area contributed by atoms with Crippen molar-refractivity contribution in [3.63, 3.8) is 0 Å². The second-order valence-corrected chi connectivity index (χ2v) is 5.00. The predicted molar refractivity (Wildman–Crippen MR) is 69.5 cm³/mol. The number of anilines is 2. The molecule has 0 amide bonds. The Bertz CT molecular complexity index is 524. The van der Waals surface area contributed by atoms with Gasteiger partial charge in [-0.25, -0.2) is 4.98 Å². The van der Waals surface area contributed by atoms with Crippen LogP contribution >= 0.6 is 27.3 Å². The fourth-order valence-corrected chi connectivity index (χ4v) is 2.35. The van der Waals surface area contributed by atoms with Crippen LogP contribution < -0.4 is 5.32 Å². The summed E-state index contributed by atoms with van der Waals surface area (Å²) in [6.45, 7) is 1.51. The first-order chi connectivity index (χ1) is 7.65. The fourth-order valence-electron chi connectivity index (χ4n) is 1.18. The van der Waals surface area contributed by atoms with Crippen molar-refractivity contribution in [2.75, 3.05) is 5.32 Å². The monoisotopic (exact) mass is 296 g/mol. The Hall–Kier alpha value is -1.20. The van der Waals surface area contributed by atoms with Crippen molar-refractivity contribution in [3.8, 4) is 0 Å². The molecule has 0 aliphatic heterocycles. The van der Waals surface area contributed by atoms with E-state index in [4.69, 9.17) is 0 Å². The standard InChI is InChI=1S/C11H9BrN2OS/c1-7(15)10-6-16-11(14-10)13-9-4-2-3-8(12)5-9/h2-6H,1H3,(H,13,14). The zero-order chi connectivity index (χ0) is 11.5. The van der Waals surface area contributed by atoms with Gasteiger partial charge in [-0.3, -0.25) is 4.79 Å².